The van der Waals surface area contributed by atoms with Crippen molar-refractivity contribution >= 4 is 16.9 Å². The standard InChI is InChI=1S/C22H21FN6O/c23-18-13-16(30-15-7-3-1-4-8-15)9-10-17(18)20-19-21(24)25-14-26-22(19)29(27-20)28-11-5-2-6-12-28/h1,3-4,7-10,13-14H,2,5-6,11-12H2,(H2,24,25,26). The quantitative estimate of drug-likeness (QED) is 0.551. The van der Waals surface area contributed by atoms with Gasteiger partial charge in [-0.25, -0.2) is 14.4 Å². The second-order valence-corrected chi connectivity index (χ2v) is 7.27. The average molecular weight is 404 g/mol. The number of halogens is 1. The summed E-state index contributed by atoms with van der Waals surface area (Å²) in [7, 11) is 0. The van der Waals surface area contributed by atoms with Crippen molar-refractivity contribution in [2.24, 2.45) is 0 Å². The number of hydrogen-bond donors (Lipinski definition) is 1. The molecule has 0 radical (unpaired) electrons. The fraction of sp³-hybridized carbons (Fsp3) is 0.227. The highest BCUT2D eigenvalue weighted by atomic mass is 19.1. The molecule has 2 N–H and O–H groups in total. The number of para-hydroxylation sites is 1. The van der Waals surface area contributed by atoms with Crippen molar-refractivity contribution in [1.29, 1.82) is 0 Å². The number of ether oxygens (including phenoxy) is 1. The van der Waals surface area contributed by atoms with E-state index in [1.165, 1.54) is 18.8 Å². The van der Waals surface area contributed by atoms with Gasteiger partial charge in [-0.15, -0.1) is 5.10 Å². The largest absolute Gasteiger partial charge is 0.457 e. The molecule has 1 aliphatic heterocycles. The van der Waals surface area contributed by atoms with Crippen LogP contribution in [0.1, 0.15) is 19.3 Å². The molecule has 2 aromatic heterocycles. The molecule has 1 saturated heterocycles. The minimum absolute atomic E-state index is 0.280. The summed E-state index contributed by atoms with van der Waals surface area (Å²) in [4.78, 5) is 10.2. The molecule has 3 heterocycles. The van der Waals surface area contributed by atoms with Gasteiger partial charge in [0, 0.05) is 24.7 Å². The number of nitrogen functional groups attached to an aromatic ring is 1. The lowest BCUT2D eigenvalue weighted by Crippen LogP contribution is -2.40. The number of anilines is 1. The normalized spacial score (nSPS) is 14.2. The van der Waals surface area contributed by atoms with Crippen LogP contribution in [0.15, 0.2) is 54.9 Å². The Labute approximate surface area is 172 Å². The van der Waals surface area contributed by atoms with Crippen molar-refractivity contribution in [2.45, 2.75) is 19.3 Å². The number of benzene rings is 2. The van der Waals surface area contributed by atoms with Gasteiger partial charge in [-0.1, -0.05) is 18.2 Å². The lowest BCUT2D eigenvalue weighted by Gasteiger charge is -2.28. The number of nitrogens with two attached hydrogens (primary N) is 1. The summed E-state index contributed by atoms with van der Waals surface area (Å²) in [5, 5.41) is 7.37. The predicted molar refractivity (Wildman–Crippen MR) is 113 cm³/mol. The SMILES string of the molecule is Nc1ncnc2c1c(-c1ccc(Oc3ccccc3)cc1F)nn2N1CCCCC1. The minimum Gasteiger partial charge on any atom is -0.457 e. The van der Waals surface area contributed by atoms with Crippen molar-refractivity contribution in [3.63, 3.8) is 0 Å². The molecular weight excluding hydrogens is 383 g/mol. The van der Waals surface area contributed by atoms with E-state index in [1.807, 2.05) is 30.3 Å². The first-order chi connectivity index (χ1) is 14.7. The molecule has 0 bridgehead atoms. The Morgan fingerprint density at radius 3 is 2.50 bits per heavy atom. The smallest absolute Gasteiger partial charge is 0.186 e. The molecule has 0 amide bonds. The predicted octanol–water partition coefficient (Wildman–Crippen LogP) is 4.13. The third kappa shape index (κ3) is 3.30. The van der Waals surface area contributed by atoms with Gasteiger partial charge in [0.25, 0.3) is 0 Å². The van der Waals surface area contributed by atoms with E-state index in [0.29, 0.717) is 33.8 Å². The third-order valence-electron chi connectivity index (χ3n) is 5.25. The Bertz CT molecular complexity index is 1190. The highest BCUT2D eigenvalue weighted by Gasteiger charge is 2.23. The molecule has 0 spiro atoms. The van der Waals surface area contributed by atoms with Crippen LogP contribution in [0.2, 0.25) is 0 Å². The van der Waals surface area contributed by atoms with E-state index >= 15 is 4.39 Å². The molecule has 1 fully saturated rings. The van der Waals surface area contributed by atoms with E-state index in [0.717, 1.165) is 25.9 Å². The average Bonchev–Trinajstić information content (AvgIpc) is 3.16. The molecule has 152 valence electrons. The van der Waals surface area contributed by atoms with E-state index in [1.54, 1.807) is 16.9 Å². The number of nitrogens with zero attached hydrogens (tertiary/aromatic N) is 5. The van der Waals surface area contributed by atoms with Crippen molar-refractivity contribution in [1.82, 2.24) is 19.9 Å². The summed E-state index contributed by atoms with van der Waals surface area (Å²) >= 11 is 0. The molecule has 5 rings (SSSR count). The van der Waals surface area contributed by atoms with Crippen molar-refractivity contribution in [3.8, 4) is 22.8 Å². The van der Waals surface area contributed by atoms with Crippen molar-refractivity contribution in [3.05, 3.63) is 60.7 Å². The lowest BCUT2D eigenvalue weighted by molar-refractivity contribution is 0.456. The van der Waals surface area contributed by atoms with Crippen LogP contribution in [0.25, 0.3) is 22.3 Å². The molecule has 0 atom stereocenters. The second-order valence-electron chi connectivity index (χ2n) is 7.27. The molecule has 7 nitrogen and oxygen atoms in total. The molecule has 4 aromatic rings. The topological polar surface area (TPSA) is 82.1 Å². The first kappa shape index (κ1) is 18.4. The fourth-order valence-electron chi connectivity index (χ4n) is 3.79. The van der Waals surface area contributed by atoms with Gasteiger partial charge in [0.15, 0.2) is 5.65 Å². The molecule has 0 aliphatic carbocycles. The Balaban J connectivity index is 1.57. The van der Waals surface area contributed by atoms with E-state index in [2.05, 4.69) is 15.0 Å². The van der Waals surface area contributed by atoms with Crippen molar-refractivity contribution < 1.29 is 9.13 Å². The van der Waals surface area contributed by atoms with Crippen molar-refractivity contribution in [2.75, 3.05) is 23.8 Å². The van der Waals surface area contributed by atoms with Gasteiger partial charge in [-0.05, 0) is 43.5 Å². The second kappa shape index (κ2) is 7.62. The molecule has 30 heavy (non-hydrogen) atoms. The van der Waals surface area contributed by atoms with Crippen LogP contribution in [0, 0.1) is 5.82 Å². The number of piperidine rings is 1. The van der Waals surface area contributed by atoms with Gasteiger partial charge in [0.1, 0.15) is 35.2 Å². The zero-order chi connectivity index (χ0) is 20.5. The van der Waals surface area contributed by atoms with Crippen LogP contribution in [-0.2, 0) is 0 Å². The van der Waals surface area contributed by atoms with Crippen LogP contribution in [0.3, 0.4) is 0 Å². The Hall–Kier alpha value is -3.68. The summed E-state index contributed by atoms with van der Waals surface area (Å²) in [6.07, 6.45) is 4.77. The summed E-state index contributed by atoms with van der Waals surface area (Å²) in [5.41, 5.74) is 7.50. The maximum Gasteiger partial charge on any atom is 0.186 e. The van der Waals surface area contributed by atoms with Gasteiger partial charge >= 0.3 is 0 Å². The summed E-state index contributed by atoms with van der Waals surface area (Å²) in [5.74, 6) is 0.882. The van der Waals surface area contributed by atoms with E-state index < -0.39 is 5.82 Å². The minimum atomic E-state index is -0.447. The molecule has 0 unspecified atom stereocenters. The van der Waals surface area contributed by atoms with Crippen LogP contribution >= 0.6 is 0 Å². The number of fused-ring (bicyclic) bond motifs is 1. The maximum absolute atomic E-state index is 15.1. The highest BCUT2D eigenvalue weighted by Crippen LogP contribution is 2.34. The molecular formula is C22H21FN6O. The maximum atomic E-state index is 15.1. The lowest BCUT2D eigenvalue weighted by atomic mass is 10.1. The molecule has 1 aliphatic rings. The first-order valence-corrected chi connectivity index (χ1v) is 9.98. The fourth-order valence-corrected chi connectivity index (χ4v) is 3.79. The van der Waals surface area contributed by atoms with Crippen LogP contribution < -0.4 is 15.5 Å². The summed E-state index contributed by atoms with van der Waals surface area (Å²) in [6, 6.07) is 14.0. The number of rotatable bonds is 4. The zero-order valence-corrected chi connectivity index (χ0v) is 16.3. The van der Waals surface area contributed by atoms with Crippen LogP contribution in [0.4, 0.5) is 10.2 Å². The number of hydrogen-bond acceptors (Lipinski definition) is 6. The Morgan fingerprint density at radius 1 is 0.933 bits per heavy atom. The van der Waals surface area contributed by atoms with Gasteiger partial charge in [0.05, 0.1) is 5.39 Å². The third-order valence-corrected chi connectivity index (χ3v) is 5.25. The zero-order valence-electron chi connectivity index (χ0n) is 16.3. The Morgan fingerprint density at radius 2 is 1.73 bits per heavy atom. The van der Waals surface area contributed by atoms with Gasteiger partial charge < -0.3 is 10.5 Å². The van der Waals surface area contributed by atoms with Crippen LogP contribution in [-0.4, -0.2) is 32.9 Å². The van der Waals surface area contributed by atoms with Gasteiger partial charge in [-0.3, -0.25) is 5.01 Å². The molecule has 0 saturated carbocycles. The number of aromatic nitrogens is 4. The molecule has 8 heteroatoms. The van der Waals surface area contributed by atoms with Gasteiger partial charge in [0.2, 0.25) is 0 Å². The molecule has 2 aromatic carbocycles. The summed E-state index contributed by atoms with van der Waals surface area (Å²) < 4.78 is 20.9. The Kier molecular flexibility index (Phi) is 4.66. The van der Waals surface area contributed by atoms with E-state index in [-0.39, 0.29) is 5.82 Å². The first-order valence-electron chi connectivity index (χ1n) is 9.98. The van der Waals surface area contributed by atoms with Gasteiger partial charge in [-0.2, -0.15) is 4.79 Å². The monoisotopic (exact) mass is 404 g/mol. The summed E-state index contributed by atoms with van der Waals surface area (Å²) in [6.45, 7) is 1.74. The van der Waals surface area contributed by atoms with Crippen LogP contribution in [0.5, 0.6) is 11.5 Å². The van der Waals surface area contributed by atoms with E-state index in [9.17, 15) is 0 Å². The highest BCUT2D eigenvalue weighted by molar-refractivity contribution is 5.98. The van der Waals surface area contributed by atoms with E-state index in [4.69, 9.17) is 15.6 Å².